The van der Waals surface area contributed by atoms with Gasteiger partial charge in [0, 0.05) is 29.5 Å². The molecule has 2 aromatic carbocycles. The standard InChI is InChI=1S/C20H24N2O3/c1-4-5-9-25-19-11-15(14(2)23)10-16(12-19)20(24)22-18-8-6-7-17(13-18)21-3/h6-8,10-13,21H,4-5,9H2,1-3H3,(H,22,24). The van der Waals surface area contributed by atoms with Gasteiger partial charge < -0.3 is 15.4 Å². The summed E-state index contributed by atoms with van der Waals surface area (Å²) < 4.78 is 5.67. The quantitative estimate of drug-likeness (QED) is 0.553. The number of unbranched alkanes of at least 4 members (excludes halogenated alkanes) is 1. The molecule has 25 heavy (non-hydrogen) atoms. The molecule has 0 saturated carbocycles. The van der Waals surface area contributed by atoms with Crippen LogP contribution < -0.4 is 15.4 Å². The van der Waals surface area contributed by atoms with E-state index in [-0.39, 0.29) is 11.7 Å². The van der Waals surface area contributed by atoms with Crippen molar-refractivity contribution in [2.75, 3.05) is 24.3 Å². The van der Waals surface area contributed by atoms with Gasteiger partial charge in [-0.25, -0.2) is 0 Å². The van der Waals surface area contributed by atoms with E-state index in [2.05, 4.69) is 17.6 Å². The highest BCUT2D eigenvalue weighted by molar-refractivity contribution is 6.06. The zero-order valence-electron chi connectivity index (χ0n) is 14.9. The second-order valence-electron chi connectivity index (χ2n) is 5.79. The summed E-state index contributed by atoms with van der Waals surface area (Å²) in [7, 11) is 1.82. The molecule has 0 fully saturated rings. The van der Waals surface area contributed by atoms with E-state index >= 15 is 0 Å². The van der Waals surface area contributed by atoms with Gasteiger partial charge >= 0.3 is 0 Å². The average molecular weight is 340 g/mol. The summed E-state index contributed by atoms with van der Waals surface area (Å²) in [5.74, 6) is 0.152. The van der Waals surface area contributed by atoms with Crippen molar-refractivity contribution in [3.63, 3.8) is 0 Å². The van der Waals surface area contributed by atoms with Gasteiger partial charge in [0.1, 0.15) is 5.75 Å². The van der Waals surface area contributed by atoms with Crippen LogP contribution in [-0.4, -0.2) is 25.3 Å². The molecule has 0 aromatic heterocycles. The second-order valence-corrected chi connectivity index (χ2v) is 5.79. The SMILES string of the molecule is CCCCOc1cc(C(C)=O)cc(C(=O)Nc2cccc(NC)c2)c1. The first kappa shape index (κ1) is 18.5. The van der Waals surface area contributed by atoms with Crippen LogP contribution in [0.4, 0.5) is 11.4 Å². The molecule has 5 nitrogen and oxygen atoms in total. The van der Waals surface area contributed by atoms with Crippen molar-refractivity contribution < 1.29 is 14.3 Å². The molecule has 0 aliphatic carbocycles. The molecule has 0 atom stereocenters. The third kappa shape index (κ3) is 5.35. The second kappa shape index (κ2) is 8.87. The van der Waals surface area contributed by atoms with Crippen LogP contribution in [0.5, 0.6) is 5.75 Å². The number of ketones is 1. The molecule has 1 amide bonds. The van der Waals surface area contributed by atoms with Crippen molar-refractivity contribution in [3.05, 3.63) is 53.6 Å². The predicted octanol–water partition coefficient (Wildman–Crippen LogP) is 4.36. The van der Waals surface area contributed by atoms with E-state index < -0.39 is 0 Å². The molecule has 2 rings (SSSR count). The van der Waals surface area contributed by atoms with Crippen molar-refractivity contribution in [1.29, 1.82) is 0 Å². The van der Waals surface area contributed by atoms with Crippen LogP contribution in [0.15, 0.2) is 42.5 Å². The molecule has 0 spiro atoms. The molecule has 0 radical (unpaired) electrons. The molecule has 5 heteroatoms. The van der Waals surface area contributed by atoms with E-state index in [1.165, 1.54) is 6.92 Å². The molecular weight excluding hydrogens is 316 g/mol. The highest BCUT2D eigenvalue weighted by Crippen LogP contribution is 2.21. The number of anilines is 2. The van der Waals surface area contributed by atoms with Gasteiger partial charge in [-0.1, -0.05) is 19.4 Å². The third-order valence-electron chi connectivity index (χ3n) is 3.75. The number of nitrogens with one attached hydrogen (secondary N) is 2. The number of hydrogen-bond donors (Lipinski definition) is 2. The summed E-state index contributed by atoms with van der Waals surface area (Å²) in [4.78, 5) is 24.3. The number of hydrogen-bond acceptors (Lipinski definition) is 4. The maximum absolute atomic E-state index is 12.6. The fraction of sp³-hybridized carbons (Fsp3) is 0.300. The molecule has 0 heterocycles. The number of amides is 1. The Kier molecular flexibility index (Phi) is 6.57. The van der Waals surface area contributed by atoms with E-state index in [1.807, 2.05) is 31.3 Å². The maximum Gasteiger partial charge on any atom is 0.255 e. The third-order valence-corrected chi connectivity index (χ3v) is 3.75. The Morgan fingerprint density at radius 3 is 2.44 bits per heavy atom. The first-order chi connectivity index (χ1) is 12.0. The summed E-state index contributed by atoms with van der Waals surface area (Å²) >= 11 is 0. The molecule has 0 unspecified atom stereocenters. The first-order valence-corrected chi connectivity index (χ1v) is 8.41. The highest BCUT2D eigenvalue weighted by Gasteiger charge is 2.12. The van der Waals surface area contributed by atoms with Crippen molar-refractivity contribution in [3.8, 4) is 5.75 Å². The van der Waals surface area contributed by atoms with Gasteiger partial charge in [0.05, 0.1) is 6.61 Å². The fourth-order valence-electron chi connectivity index (χ4n) is 2.31. The normalized spacial score (nSPS) is 10.2. The lowest BCUT2D eigenvalue weighted by atomic mass is 10.1. The first-order valence-electron chi connectivity index (χ1n) is 8.41. The predicted molar refractivity (Wildman–Crippen MR) is 101 cm³/mol. The minimum absolute atomic E-state index is 0.104. The maximum atomic E-state index is 12.6. The van der Waals surface area contributed by atoms with Crippen LogP contribution in [0.3, 0.4) is 0 Å². The lowest BCUT2D eigenvalue weighted by Gasteiger charge is -2.11. The number of carbonyl (C=O) groups is 2. The summed E-state index contributed by atoms with van der Waals surface area (Å²) in [5.41, 5.74) is 2.44. The number of benzene rings is 2. The van der Waals surface area contributed by atoms with Crippen LogP contribution in [0, 0.1) is 0 Å². The van der Waals surface area contributed by atoms with Crippen LogP contribution in [0.25, 0.3) is 0 Å². The summed E-state index contributed by atoms with van der Waals surface area (Å²) in [6.45, 7) is 4.11. The van der Waals surface area contributed by atoms with Gasteiger partial charge in [-0.3, -0.25) is 9.59 Å². The molecule has 2 aromatic rings. The topological polar surface area (TPSA) is 67.4 Å². The van der Waals surface area contributed by atoms with Crippen molar-refractivity contribution >= 4 is 23.1 Å². The number of rotatable bonds is 8. The average Bonchev–Trinajstić information content (AvgIpc) is 2.61. The van der Waals surface area contributed by atoms with E-state index in [4.69, 9.17) is 4.74 Å². The van der Waals surface area contributed by atoms with Gasteiger partial charge in [-0.2, -0.15) is 0 Å². The van der Waals surface area contributed by atoms with E-state index in [1.54, 1.807) is 18.2 Å². The van der Waals surface area contributed by atoms with Gasteiger partial charge in [-0.15, -0.1) is 0 Å². The smallest absolute Gasteiger partial charge is 0.255 e. The fourth-order valence-corrected chi connectivity index (χ4v) is 2.31. The highest BCUT2D eigenvalue weighted by atomic mass is 16.5. The summed E-state index contributed by atoms with van der Waals surface area (Å²) in [5, 5.41) is 5.87. The Hall–Kier alpha value is -2.82. The Bertz CT molecular complexity index is 756. The molecule has 0 bridgehead atoms. The minimum Gasteiger partial charge on any atom is -0.494 e. The molecule has 132 valence electrons. The Labute approximate surface area is 148 Å². The molecule has 0 aliphatic rings. The van der Waals surface area contributed by atoms with Gasteiger partial charge in [-0.05, 0) is 49.7 Å². The van der Waals surface area contributed by atoms with Crippen LogP contribution in [0.2, 0.25) is 0 Å². The molecular formula is C20H24N2O3. The molecule has 2 N–H and O–H groups in total. The Morgan fingerprint density at radius 2 is 1.76 bits per heavy atom. The lowest BCUT2D eigenvalue weighted by molar-refractivity contribution is 0.101. The van der Waals surface area contributed by atoms with Crippen LogP contribution >= 0.6 is 0 Å². The zero-order valence-corrected chi connectivity index (χ0v) is 14.9. The number of carbonyl (C=O) groups excluding carboxylic acids is 2. The Balaban J connectivity index is 2.22. The van der Waals surface area contributed by atoms with Crippen LogP contribution in [0.1, 0.15) is 47.4 Å². The minimum atomic E-state index is -0.281. The van der Waals surface area contributed by atoms with Crippen LogP contribution in [-0.2, 0) is 0 Å². The molecule has 0 saturated heterocycles. The van der Waals surface area contributed by atoms with Crippen molar-refractivity contribution in [2.24, 2.45) is 0 Å². The largest absolute Gasteiger partial charge is 0.494 e. The van der Waals surface area contributed by atoms with Crippen molar-refractivity contribution in [2.45, 2.75) is 26.7 Å². The van der Waals surface area contributed by atoms with E-state index in [0.717, 1.165) is 18.5 Å². The summed E-state index contributed by atoms with van der Waals surface area (Å²) in [6.07, 6.45) is 1.93. The Morgan fingerprint density at radius 1 is 1.04 bits per heavy atom. The van der Waals surface area contributed by atoms with Crippen molar-refractivity contribution in [1.82, 2.24) is 0 Å². The van der Waals surface area contributed by atoms with Gasteiger partial charge in [0.15, 0.2) is 5.78 Å². The monoisotopic (exact) mass is 340 g/mol. The van der Waals surface area contributed by atoms with E-state index in [9.17, 15) is 9.59 Å². The number of Topliss-reactive ketones (excluding diaryl/α,β-unsaturated/α-hetero) is 1. The lowest BCUT2D eigenvalue weighted by Crippen LogP contribution is -2.13. The molecule has 0 aliphatic heterocycles. The summed E-state index contributed by atoms with van der Waals surface area (Å²) in [6, 6.07) is 12.3. The number of ether oxygens (including phenoxy) is 1. The van der Waals surface area contributed by atoms with Gasteiger partial charge in [0.2, 0.25) is 0 Å². The van der Waals surface area contributed by atoms with E-state index in [0.29, 0.717) is 29.2 Å². The zero-order chi connectivity index (χ0) is 18.2. The van der Waals surface area contributed by atoms with Gasteiger partial charge in [0.25, 0.3) is 5.91 Å².